The van der Waals surface area contributed by atoms with Crippen LogP contribution in [0.5, 0.6) is 5.75 Å². The summed E-state index contributed by atoms with van der Waals surface area (Å²) in [5.74, 6) is 0.872. The van der Waals surface area contributed by atoms with E-state index in [1.165, 1.54) is 5.56 Å². The highest BCUT2D eigenvalue weighted by molar-refractivity contribution is 5.62. The van der Waals surface area contributed by atoms with Crippen LogP contribution < -0.4 is 10.1 Å². The minimum absolute atomic E-state index is 0.246. The highest BCUT2D eigenvalue weighted by Crippen LogP contribution is 2.26. The van der Waals surface area contributed by atoms with Gasteiger partial charge in [0, 0.05) is 61.9 Å². The molecule has 4 aromatic rings. The molecule has 0 saturated carbocycles. The summed E-state index contributed by atoms with van der Waals surface area (Å²) in [6, 6.07) is 22.9. The number of aromatic nitrogens is 3. The Morgan fingerprint density at radius 3 is 2.51 bits per heavy atom. The number of ether oxygens (including phenoxy) is 2. The van der Waals surface area contributed by atoms with E-state index < -0.39 is 0 Å². The Kier molecular flexibility index (Phi) is 7.48. The van der Waals surface area contributed by atoms with Gasteiger partial charge in [0.15, 0.2) is 0 Å². The van der Waals surface area contributed by atoms with Gasteiger partial charge in [0.2, 0.25) is 0 Å². The van der Waals surface area contributed by atoms with Crippen LogP contribution in [0.4, 0.5) is 0 Å². The third kappa shape index (κ3) is 5.59. The van der Waals surface area contributed by atoms with E-state index in [0.29, 0.717) is 6.54 Å². The summed E-state index contributed by atoms with van der Waals surface area (Å²) in [4.78, 5) is 6.80. The molecule has 2 aromatic heterocycles. The van der Waals surface area contributed by atoms with Gasteiger partial charge in [-0.3, -0.25) is 9.88 Å². The van der Waals surface area contributed by atoms with Gasteiger partial charge in [0.25, 0.3) is 0 Å². The van der Waals surface area contributed by atoms with E-state index in [-0.39, 0.29) is 6.04 Å². The maximum Gasteiger partial charge on any atom is 0.118 e. The van der Waals surface area contributed by atoms with Crippen molar-refractivity contribution in [3.63, 3.8) is 0 Å². The van der Waals surface area contributed by atoms with Crippen LogP contribution in [0.2, 0.25) is 0 Å². The molecule has 7 heteroatoms. The lowest BCUT2D eigenvalue weighted by Crippen LogP contribution is -2.42. The van der Waals surface area contributed by atoms with Crippen molar-refractivity contribution >= 4 is 0 Å². The van der Waals surface area contributed by atoms with Gasteiger partial charge in [0.05, 0.1) is 31.7 Å². The first kappa shape index (κ1) is 23.2. The minimum atomic E-state index is 0.246. The molecule has 3 heterocycles. The molecule has 1 saturated heterocycles. The Hall–Kier alpha value is -3.52. The van der Waals surface area contributed by atoms with Crippen LogP contribution in [0.1, 0.15) is 17.2 Å². The van der Waals surface area contributed by atoms with Gasteiger partial charge in [-0.05, 0) is 42.0 Å². The zero-order valence-corrected chi connectivity index (χ0v) is 20.0. The Labute approximate surface area is 206 Å². The molecule has 180 valence electrons. The van der Waals surface area contributed by atoms with E-state index in [0.717, 1.165) is 61.1 Å². The van der Waals surface area contributed by atoms with Crippen LogP contribution in [-0.2, 0) is 11.3 Å². The van der Waals surface area contributed by atoms with Crippen molar-refractivity contribution in [1.29, 1.82) is 0 Å². The zero-order chi connectivity index (χ0) is 23.9. The molecular formula is C28H31N5O2. The Balaban J connectivity index is 1.37. The summed E-state index contributed by atoms with van der Waals surface area (Å²) < 4.78 is 12.9. The Bertz CT molecular complexity index is 1190. The topological polar surface area (TPSA) is 64.4 Å². The van der Waals surface area contributed by atoms with E-state index in [9.17, 15) is 0 Å². The fourth-order valence-corrected chi connectivity index (χ4v) is 4.51. The van der Waals surface area contributed by atoms with Crippen LogP contribution in [0, 0.1) is 0 Å². The fraction of sp³-hybridized carbons (Fsp3) is 0.286. The predicted octanol–water partition coefficient (Wildman–Crippen LogP) is 4.11. The number of hydrogen-bond acceptors (Lipinski definition) is 6. The van der Waals surface area contributed by atoms with Crippen LogP contribution >= 0.6 is 0 Å². The van der Waals surface area contributed by atoms with E-state index in [4.69, 9.17) is 14.6 Å². The molecular weight excluding hydrogens is 438 g/mol. The number of hydrogen-bond donors (Lipinski definition) is 1. The molecule has 0 unspecified atom stereocenters. The van der Waals surface area contributed by atoms with E-state index in [1.807, 2.05) is 47.3 Å². The Morgan fingerprint density at radius 1 is 1.00 bits per heavy atom. The normalized spacial score (nSPS) is 15.1. The van der Waals surface area contributed by atoms with Crippen LogP contribution in [0.15, 0.2) is 85.3 Å². The highest BCUT2D eigenvalue weighted by atomic mass is 16.5. The summed E-state index contributed by atoms with van der Waals surface area (Å²) in [7, 11) is 1.70. The van der Waals surface area contributed by atoms with Gasteiger partial charge in [-0.25, -0.2) is 4.68 Å². The monoisotopic (exact) mass is 469 g/mol. The number of rotatable bonds is 9. The number of morpholine rings is 1. The van der Waals surface area contributed by atoms with Crippen molar-refractivity contribution < 1.29 is 9.47 Å². The molecule has 35 heavy (non-hydrogen) atoms. The van der Waals surface area contributed by atoms with Crippen LogP contribution in [0.3, 0.4) is 0 Å². The molecule has 1 fully saturated rings. The number of nitrogens with one attached hydrogen (secondary N) is 1. The summed E-state index contributed by atoms with van der Waals surface area (Å²) in [5, 5.41) is 8.63. The van der Waals surface area contributed by atoms with Crippen molar-refractivity contribution in [2.75, 3.05) is 40.0 Å². The van der Waals surface area contributed by atoms with E-state index in [2.05, 4.69) is 51.7 Å². The van der Waals surface area contributed by atoms with E-state index >= 15 is 0 Å². The molecule has 1 atom stereocenters. The molecule has 0 amide bonds. The van der Waals surface area contributed by atoms with Crippen molar-refractivity contribution in [1.82, 2.24) is 25.0 Å². The third-order valence-electron chi connectivity index (χ3n) is 6.39. The van der Waals surface area contributed by atoms with Crippen LogP contribution in [-0.4, -0.2) is 59.6 Å². The van der Waals surface area contributed by atoms with Crippen molar-refractivity contribution in [2.24, 2.45) is 0 Å². The van der Waals surface area contributed by atoms with Crippen LogP contribution in [0.25, 0.3) is 16.9 Å². The lowest BCUT2D eigenvalue weighted by atomic mass is 10.0. The molecule has 0 radical (unpaired) electrons. The quantitative estimate of drug-likeness (QED) is 0.398. The zero-order valence-electron chi connectivity index (χ0n) is 20.0. The first-order valence-electron chi connectivity index (χ1n) is 12.0. The maximum absolute atomic E-state index is 5.61. The van der Waals surface area contributed by atoms with Gasteiger partial charge >= 0.3 is 0 Å². The SMILES string of the molecule is COc1ccc([C@H](CNCc2cn(-c3ccccc3)nc2-c2cccnc2)N2CCOCC2)cc1. The second-order valence-electron chi connectivity index (χ2n) is 8.59. The summed E-state index contributed by atoms with van der Waals surface area (Å²) in [6.07, 6.45) is 5.77. The number of benzene rings is 2. The lowest BCUT2D eigenvalue weighted by Gasteiger charge is -2.35. The van der Waals surface area contributed by atoms with Gasteiger partial charge in [-0.2, -0.15) is 5.10 Å². The average molecular weight is 470 g/mol. The molecule has 0 spiro atoms. The second kappa shape index (κ2) is 11.3. The molecule has 0 bridgehead atoms. The second-order valence-corrected chi connectivity index (χ2v) is 8.59. The average Bonchev–Trinajstić information content (AvgIpc) is 3.37. The first-order valence-corrected chi connectivity index (χ1v) is 12.0. The fourth-order valence-electron chi connectivity index (χ4n) is 4.51. The molecule has 7 nitrogen and oxygen atoms in total. The summed E-state index contributed by atoms with van der Waals surface area (Å²) in [5.41, 5.74) is 5.40. The highest BCUT2D eigenvalue weighted by Gasteiger charge is 2.23. The lowest BCUT2D eigenvalue weighted by molar-refractivity contribution is 0.0161. The van der Waals surface area contributed by atoms with Crippen molar-refractivity contribution in [2.45, 2.75) is 12.6 Å². The van der Waals surface area contributed by atoms with Gasteiger partial charge in [-0.1, -0.05) is 30.3 Å². The predicted molar refractivity (Wildman–Crippen MR) is 137 cm³/mol. The van der Waals surface area contributed by atoms with Crippen molar-refractivity contribution in [3.05, 3.63) is 96.4 Å². The molecule has 1 N–H and O–H groups in total. The number of para-hydroxylation sites is 1. The third-order valence-corrected chi connectivity index (χ3v) is 6.39. The molecule has 1 aliphatic heterocycles. The standard InChI is InChI=1S/C28H31N5O2/c1-34-26-11-9-22(10-12-26)27(32-14-16-35-17-15-32)20-30-19-24-21-33(25-7-3-2-4-8-25)31-28(24)23-6-5-13-29-18-23/h2-13,18,21,27,30H,14-17,19-20H2,1H3/t27-/m0/s1. The minimum Gasteiger partial charge on any atom is -0.497 e. The summed E-state index contributed by atoms with van der Waals surface area (Å²) >= 11 is 0. The Morgan fingerprint density at radius 2 is 1.80 bits per heavy atom. The number of methoxy groups -OCH3 is 1. The van der Waals surface area contributed by atoms with E-state index in [1.54, 1.807) is 13.3 Å². The number of nitrogens with zero attached hydrogens (tertiary/aromatic N) is 4. The van der Waals surface area contributed by atoms with Gasteiger partial charge in [0.1, 0.15) is 5.75 Å². The maximum atomic E-state index is 5.61. The molecule has 0 aliphatic carbocycles. The van der Waals surface area contributed by atoms with Crippen molar-refractivity contribution in [3.8, 4) is 22.7 Å². The number of pyridine rings is 1. The first-order chi connectivity index (χ1) is 17.3. The largest absolute Gasteiger partial charge is 0.497 e. The van der Waals surface area contributed by atoms with Gasteiger partial charge in [-0.15, -0.1) is 0 Å². The molecule has 2 aromatic carbocycles. The van der Waals surface area contributed by atoms with Gasteiger partial charge < -0.3 is 14.8 Å². The summed E-state index contributed by atoms with van der Waals surface area (Å²) in [6.45, 7) is 4.89. The molecule has 5 rings (SSSR count). The smallest absolute Gasteiger partial charge is 0.118 e. The molecule has 1 aliphatic rings.